The van der Waals surface area contributed by atoms with Gasteiger partial charge in [-0.15, -0.1) is 0 Å². The van der Waals surface area contributed by atoms with Crippen molar-refractivity contribution in [3.8, 4) is 0 Å². The average Bonchev–Trinajstić information content (AvgIpc) is 3.09. The van der Waals surface area contributed by atoms with Crippen LogP contribution in [0.3, 0.4) is 0 Å². The molecule has 1 saturated heterocycles. The molecule has 2 heterocycles. The molecule has 29 heavy (non-hydrogen) atoms. The number of hydrogen-bond acceptors (Lipinski definition) is 4. The number of nitrogens with one attached hydrogen (secondary N) is 1. The summed E-state index contributed by atoms with van der Waals surface area (Å²) >= 11 is 0. The fourth-order valence-corrected chi connectivity index (χ4v) is 4.42. The van der Waals surface area contributed by atoms with Crippen molar-refractivity contribution in [1.29, 1.82) is 0 Å². The summed E-state index contributed by atoms with van der Waals surface area (Å²) in [7, 11) is 0. The topological polar surface area (TPSA) is 67.2 Å². The lowest BCUT2D eigenvalue weighted by atomic mass is 10.1. The molecule has 1 amide bonds. The van der Waals surface area contributed by atoms with Gasteiger partial charge in [-0.3, -0.25) is 9.59 Å². The molecule has 1 aromatic heterocycles. The summed E-state index contributed by atoms with van der Waals surface area (Å²) in [5, 5.41) is 7.63. The summed E-state index contributed by atoms with van der Waals surface area (Å²) in [6.45, 7) is 1.90. The molecule has 1 saturated carbocycles. The second-order valence-corrected chi connectivity index (χ2v) is 8.32. The Hall–Kier alpha value is -2.63. The van der Waals surface area contributed by atoms with Crippen LogP contribution in [0.5, 0.6) is 0 Å². The molecule has 1 aliphatic heterocycles. The highest BCUT2D eigenvalue weighted by Gasteiger charge is 2.30. The van der Waals surface area contributed by atoms with Crippen LogP contribution in [0.1, 0.15) is 50.5 Å². The largest absolute Gasteiger partial charge is 0.369 e. The van der Waals surface area contributed by atoms with E-state index in [4.69, 9.17) is 0 Å². The maximum Gasteiger partial charge on any atom is 0.269 e. The molecule has 1 aliphatic carbocycles. The number of hydrogen-bond donors (Lipinski definition) is 1. The molecule has 1 unspecified atom stereocenters. The van der Waals surface area contributed by atoms with Gasteiger partial charge in [-0.2, -0.15) is 5.10 Å². The van der Waals surface area contributed by atoms with Crippen LogP contribution in [0, 0.1) is 5.92 Å². The summed E-state index contributed by atoms with van der Waals surface area (Å²) in [4.78, 5) is 27.3. The van der Waals surface area contributed by atoms with Crippen LogP contribution in [-0.4, -0.2) is 34.8 Å². The highest BCUT2D eigenvalue weighted by molar-refractivity contribution is 5.80. The Morgan fingerprint density at radius 3 is 2.55 bits per heavy atom. The highest BCUT2D eigenvalue weighted by Crippen LogP contribution is 2.23. The molecule has 0 radical (unpaired) electrons. The highest BCUT2D eigenvalue weighted by atomic mass is 16.2. The summed E-state index contributed by atoms with van der Waals surface area (Å²) < 4.78 is 1.48. The molecule has 2 aliphatic rings. The Morgan fingerprint density at radius 2 is 1.83 bits per heavy atom. The van der Waals surface area contributed by atoms with Crippen molar-refractivity contribution in [1.82, 2.24) is 15.1 Å². The number of carbonyl (C=O) groups excluding carboxylic acids is 1. The molecule has 154 valence electrons. The molecule has 2 aromatic rings. The summed E-state index contributed by atoms with van der Waals surface area (Å²) in [6, 6.07) is 11.8. The minimum Gasteiger partial charge on any atom is -0.369 e. The van der Waals surface area contributed by atoms with Crippen molar-refractivity contribution in [2.45, 2.75) is 57.5 Å². The molecule has 0 bridgehead atoms. The summed E-state index contributed by atoms with van der Waals surface area (Å²) in [5.74, 6) is 0.162. The molecule has 1 N–H and O–H groups in total. The number of benzene rings is 1. The van der Waals surface area contributed by atoms with Crippen LogP contribution in [0.25, 0.3) is 0 Å². The second-order valence-electron chi connectivity index (χ2n) is 8.32. The van der Waals surface area contributed by atoms with Crippen molar-refractivity contribution < 1.29 is 4.79 Å². The van der Waals surface area contributed by atoms with Gasteiger partial charge in [-0.1, -0.05) is 56.0 Å². The monoisotopic (exact) mass is 394 g/mol. The van der Waals surface area contributed by atoms with Gasteiger partial charge in [0.2, 0.25) is 5.91 Å². The number of carbonyl (C=O) groups is 1. The number of amides is 1. The third-order valence-electron chi connectivity index (χ3n) is 6.16. The third-order valence-corrected chi connectivity index (χ3v) is 6.16. The lowest BCUT2D eigenvalue weighted by Gasteiger charge is -2.20. The van der Waals surface area contributed by atoms with Crippen LogP contribution >= 0.6 is 0 Å². The van der Waals surface area contributed by atoms with Crippen molar-refractivity contribution in [3.05, 3.63) is 58.5 Å². The summed E-state index contributed by atoms with van der Waals surface area (Å²) in [6.07, 6.45) is 9.77. The first kappa shape index (κ1) is 19.7. The zero-order chi connectivity index (χ0) is 20.1. The van der Waals surface area contributed by atoms with Gasteiger partial charge in [-0.05, 0) is 24.8 Å². The maximum atomic E-state index is 12.7. The van der Waals surface area contributed by atoms with E-state index in [1.54, 1.807) is 12.3 Å². The molecule has 6 heteroatoms. The van der Waals surface area contributed by atoms with E-state index in [9.17, 15) is 9.59 Å². The van der Waals surface area contributed by atoms with Crippen molar-refractivity contribution in [2.75, 3.05) is 18.0 Å². The van der Waals surface area contributed by atoms with E-state index in [0.717, 1.165) is 37.1 Å². The number of anilines is 1. The first-order valence-corrected chi connectivity index (χ1v) is 10.9. The lowest BCUT2D eigenvalue weighted by Crippen LogP contribution is -2.39. The van der Waals surface area contributed by atoms with Gasteiger partial charge in [0.1, 0.15) is 0 Å². The number of nitrogens with zero attached hydrogens (tertiary/aromatic N) is 3. The Bertz CT molecular complexity index is 872. The Labute approximate surface area is 171 Å². The Kier molecular flexibility index (Phi) is 6.27. The van der Waals surface area contributed by atoms with E-state index in [1.165, 1.54) is 30.4 Å². The molecule has 1 aromatic carbocycles. The molecular weight excluding hydrogens is 364 g/mol. The molecular formula is C23H30N4O2. The molecule has 4 rings (SSSR count). The van der Waals surface area contributed by atoms with Crippen molar-refractivity contribution in [2.24, 2.45) is 5.92 Å². The third kappa shape index (κ3) is 5.05. The van der Waals surface area contributed by atoms with Crippen molar-refractivity contribution in [3.63, 3.8) is 0 Å². The first-order chi connectivity index (χ1) is 14.2. The summed E-state index contributed by atoms with van der Waals surface area (Å²) in [5.41, 5.74) is 1.74. The molecule has 6 nitrogen and oxygen atoms in total. The lowest BCUT2D eigenvalue weighted by molar-refractivity contribution is -0.125. The fourth-order valence-electron chi connectivity index (χ4n) is 4.42. The number of aromatic nitrogens is 2. The molecule has 1 atom stereocenters. The molecule has 0 spiro atoms. The predicted molar refractivity (Wildman–Crippen MR) is 114 cm³/mol. The minimum atomic E-state index is -0.113. The van der Waals surface area contributed by atoms with E-state index >= 15 is 0 Å². The van der Waals surface area contributed by atoms with Crippen LogP contribution in [-0.2, 0) is 11.3 Å². The van der Waals surface area contributed by atoms with Crippen molar-refractivity contribution >= 4 is 11.6 Å². The first-order valence-electron chi connectivity index (χ1n) is 10.9. The van der Waals surface area contributed by atoms with E-state index in [2.05, 4.69) is 15.3 Å². The van der Waals surface area contributed by atoms with Gasteiger partial charge in [0.05, 0.1) is 24.3 Å². The van der Waals surface area contributed by atoms with E-state index in [1.807, 2.05) is 30.3 Å². The normalized spacial score (nSPS) is 20.4. The minimum absolute atomic E-state index is 0.00926. The van der Waals surface area contributed by atoms with Gasteiger partial charge in [0, 0.05) is 25.2 Å². The van der Waals surface area contributed by atoms with Crippen LogP contribution in [0.2, 0.25) is 0 Å². The number of rotatable bonds is 5. The fraction of sp³-hybridized carbons (Fsp3) is 0.522. The quantitative estimate of drug-likeness (QED) is 0.792. The Morgan fingerprint density at radius 1 is 1.07 bits per heavy atom. The van der Waals surface area contributed by atoms with Gasteiger partial charge in [-0.25, -0.2) is 4.68 Å². The van der Waals surface area contributed by atoms with Gasteiger partial charge < -0.3 is 10.2 Å². The SMILES string of the molecule is O=C(NC1CCCCCC1)C1CCN(c2cnn(Cc3ccccc3)c(=O)c2)C1. The smallest absolute Gasteiger partial charge is 0.269 e. The van der Waals surface area contributed by atoms with Crippen LogP contribution in [0.4, 0.5) is 5.69 Å². The van der Waals surface area contributed by atoms with Crippen LogP contribution in [0.15, 0.2) is 47.4 Å². The second kappa shape index (κ2) is 9.25. The Balaban J connectivity index is 1.35. The zero-order valence-corrected chi connectivity index (χ0v) is 16.9. The van der Waals surface area contributed by atoms with Crippen LogP contribution < -0.4 is 15.8 Å². The molecule has 2 fully saturated rings. The zero-order valence-electron chi connectivity index (χ0n) is 16.9. The predicted octanol–water partition coefficient (Wildman–Crippen LogP) is 2.96. The van der Waals surface area contributed by atoms with E-state index < -0.39 is 0 Å². The maximum absolute atomic E-state index is 12.7. The van der Waals surface area contributed by atoms with Gasteiger partial charge in [0.25, 0.3) is 5.56 Å². The van der Waals surface area contributed by atoms with Gasteiger partial charge in [0.15, 0.2) is 0 Å². The van der Waals surface area contributed by atoms with Gasteiger partial charge >= 0.3 is 0 Å². The van der Waals surface area contributed by atoms with E-state index in [-0.39, 0.29) is 17.4 Å². The average molecular weight is 395 g/mol. The van der Waals surface area contributed by atoms with E-state index in [0.29, 0.717) is 19.1 Å². The standard InChI is InChI=1S/C23H30N4O2/c28-22-14-21(15-24-27(22)16-18-8-4-3-5-9-18)26-13-12-19(17-26)23(29)25-20-10-6-1-2-7-11-20/h3-5,8-9,14-15,19-20H,1-2,6-7,10-13,16-17H2,(H,25,29).